The number of carbonyl (C=O) groups excluding carboxylic acids is 1. The third kappa shape index (κ3) is 2.88. The Morgan fingerprint density at radius 1 is 1.00 bits per heavy atom. The summed E-state index contributed by atoms with van der Waals surface area (Å²) in [4.78, 5) is 11.8. The first-order chi connectivity index (χ1) is 9.09. The number of nitrogens with zero attached hydrogens (tertiary/aromatic N) is 1. The molecule has 0 saturated carbocycles. The Morgan fingerprint density at radius 3 is 2.16 bits per heavy atom. The number of benzene rings is 2. The Balaban J connectivity index is 2.18. The second-order valence-electron chi connectivity index (χ2n) is 3.93. The molecule has 0 unspecified atom stereocenters. The van der Waals surface area contributed by atoms with Crippen molar-refractivity contribution in [3.63, 3.8) is 0 Å². The minimum atomic E-state index is -0.890. The van der Waals surface area contributed by atoms with Crippen LogP contribution < -0.4 is 10.4 Å². The molecule has 2 aromatic rings. The van der Waals surface area contributed by atoms with Gasteiger partial charge in [-0.25, -0.2) is 8.78 Å². The van der Waals surface area contributed by atoms with E-state index < -0.39 is 23.1 Å². The highest BCUT2D eigenvalue weighted by molar-refractivity contribution is 5.95. The van der Waals surface area contributed by atoms with Gasteiger partial charge in [0.15, 0.2) is 0 Å². The molecule has 1 N–H and O–H groups in total. The van der Waals surface area contributed by atoms with Gasteiger partial charge in [-0.05, 0) is 24.3 Å². The molecule has 5 heteroatoms. The van der Waals surface area contributed by atoms with E-state index in [1.54, 1.807) is 31.3 Å². The SMILES string of the molecule is CN(NC(=O)c1c(F)cccc1F)c1ccccc1. The van der Waals surface area contributed by atoms with Gasteiger partial charge in [-0.2, -0.15) is 0 Å². The van der Waals surface area contributed by atoms with Crippen LogP contribution >= 0.6 is 0 Å². The first-order valence-corrected chi connectivity index (χ1v) is 5.63. The molecule has 0 fully saturated rings. The molecule has 2 rings (SSSR count). The third-order valence-electron chi connectivity index (χ3n) is 2.60. The Kier molecular flexibility index (Phi) is 3.75. The van der Waals surface area contributed by atoms with Gasteiger partial charge in [0.2, 0.25) is 0 Å². The fourth-order valence-electron chi connectivity index (χ4n) is 1.64. The Bertz CT molecular complexity index is 567. The van der Waals surface area contributed by atoms with Gasteiger partial charge in [-0.15, -0.1) is 0 Å². The van der Waals surface area contributed by atoms with Gasteiger partial charge in [0.05, 0.1) is 5.69 Å². The zero-order valence-electron chi connectivity index (χ0n) is 10.2. The molecule has 0 heterocycles. The zero-order chi connectivity index (χ0) is 13.8. The lowest BCUT2D eigenvalue weighted by molar-refractivity contribution is 0.0943. The number of carbonyl (C=O) groups is 1. The van der Waals surface area contributed by atoms with Crippen LogP contribution in [-0.4, -0.2) is 13.0 Å². The number of para-hydroxylation sites is 1. The van der Waals surface area contributed by atoms with Crippen molar-refractivity contribution in [2.24, 2.45) is 0 Å². The lowest BCUT2D eigenvalue weighted by Crippen LogP contribution is -2.40. The van der Waals surface area contributed by atoms with E-state index in [0.717, 1.165) is 12.1 Å². The topological polar surface area (TPSA) is 32.3 Å². The zero-order valence-corrected chi connectivity index (χ0v) is 10.2. The Labute approximate surface area is 109 Å². The molecule has 0 radical (unpaired) electrons. The van der Waals surface area contributed by atoms with Crippen LogP contribution in [0.25, 0.3) is 0 Å². The normalized spacial score (nSPS) is 10.1. The number of hydrazine groups is 1. The number of rotatable bonds is 3. The number of halogens is 2. The highest BCUT2D eigenvalue weighted by Gasteiger charge is 2.18. The highest BCUT2D eigenvalue weighted by Crippen LogP contribution is 2.13. The molecule has 0 spiro atoms. The van der Waals surface area contributed by atoms with Gasteiger partial charge in [-0.1, -0.05) is 24.3 Å². The number of hydrogen-bond acceptors (Lipinski definition) is 2. The van der Waals surface area contributed by atoms with Crippen LogP contribution in [0.3, 0.4) is 0 Å². The molecular formula is C14H12F2N2O. The van der Waals surface area contributed by atoms with Crippen LogP contribution in [0, 0.1) is 11.6 Å². The van der Waals surface area contributed by atoms with Crippen molar-refractivity contribution < 1.29 is 13.6 Å². The van der Waals surface area contributed by atoms with E-state index in [9.17, 15) is 13.6 Å². The fourth-order valence-corrected chi connectivity index (χ4v) is 1.64. The molecule has 0 aliphatic carbocycles. The number of amides is 1. The van der Waals surface area contributed by atoms with Crippen LogP contribution in [0.2, 0.25) is 0 Å². The minimum Gasteiger partial charge on any atom is -0.288 e. The maximum Gasteiger partial charge on any atom is 0.275 e. The summed E-state index contributed by atoms with van der Waals surface area (Å²) in [5.74, 6) is -2.61. The van der Waals surface area contributed by atoms with Gasteiger partial charge >= 0.3 is 0 Å². The molecule has 3 nitrogen and oxygen atoms in total. The third-order valence-corrected chi connectivity index (χ3v) is 2.60. The van der Waals surface area contributed by atoms with E-state index in [1.165, 1.54) is 11.1 Å². The van der Waals surface area contributed by atoms with Gasteiger partial charge < -0.3 is 0 Å². The first-order valence-electron chi connectivity index (χ1n) is 5.63. The lowest BCUT2D eigenvalue weighted by atomic mass is 10.2. The van der Waals surface area contributed by atoms with Gasteiger partial charge in [0, 0.05) is 7.05 Å². The maximum absolute atomic E-state index is 13.4. The molecule has 2 aromatic carbocycles. The summed E-state index contributed by atoms with van der Waals surface area (Å²) in [7, 11) is 1.59. The van der Waals surface area contributed by atoms with Crippen LogP contribution in [0.4, 0.5) is 14.5 Å². The molecule has 0 saturated heterocycles. The molecule has 1 amide bonds. The van der Waals surface area contributed by atoms with E-state index in [0.29, 0.717) is 5.69 Å². The summed E-state index contributed by atoms with van der Waals surface area (Å²) in [6.45, 7) is 0. The molecule has 0 aliphatic rings. The van der Waals surface area contributed by atoms with Crippen molar-refractivity contribution in [2.75, 3.05) is 12.1 Å². The highest BCUT2D eigenvalue weighted by atomic mass is 19.1. The van der Waals surface area contributed by atoms with E-state index in [2.05, 4.69) is 5.43 Å². The van der Waals surface area contributed by atoms with E-state index in [-0.39, 0.29) is 0 Å². The van der Waals surface area contributed by atoms with Crippen molar-refractivity contribution in [2.45, 2.75) is 0 Å². The second kappa shape index (κ2) is 5.48. The molecular weight excluding hydrogens is 250 g/mol. The van der Waals surface area contributed by atoms with Crippen molar-refractivity contribution in [3.8, 4) is 0 Å². The average Bonchev–Trinajstić information content (AvgIpc) is 2.39. The molecule has 0 bridgehead atoms. The quantitative estimate of drug-likeness (QED) is 0.863. The number of anilines is 1. The predicted molar refractivity (Wildman–Crippen MR) is 68.7 cm³/mol. The van der Waals surface area contributed by atoms with Crippen LogP contribution in [-0.2, 0) is 0 Å². The molecule has 0 atom stereocenters. The Morgan fingerprint density at radius 2 is 1.58 bits per heavy atom. The second-order valence-corrected chi connectivity index (χ2v) is 3.93. The Hall–Kier alpha value is -2.43. The molecule has 98 valence electrons. The van der Waals surface area contributed by atoms with Crippen LogP contribution in [0.15, 0.2) is 48.5 Å². The molecule has 0 aliphatic heterocycles. The molecule has 0 aromatic heterocycles. The smallest absolute Gasteiger partial charge is 0.275 e. The number of hydrogen-bond donors (Lipinski definition) is 1. The monoisotopic (exact) mass is 262 g/mol. The average molecular weight is 262 g/mol. The lowest BCUT2D eigenvalue weighted by Gasteiger charge is -2.20. The van der Waals surface area contributed by atoms with Crippen LogP contribution in [0.5, 0.6) is 0 Å². The largest absolute Gasteiger partial charge is 0.288 e. The summed E-state index contributed by atoms with van der Waals surface area (Å²) in [5.41, 5.74) is 2.52. The summed E-state index contributed by atoms with van der Waals surface area (Å²) >= 11 is 0. The van der Waals surface area contributed by atoms with Gasteiger partial charge in [0.1, 0.15) is 17.2 Å². The standard InChI is InChI=1S/C14H12F2N2O/c1-18(10-6-3-2-4-7-10)17-14(19)13-11(15)8-5-9-12(13)16/h2-9H,1H3,(H,17,19). The van der Waals surface area contributed by atoms with Crippen molar-refractivity contribution >= 4 is 11.6 Å². The maximum atomic E-state index is 13.4. The predicted octanol–water partition coefficient (Wildman–Crippen LogP) is 2.75. The van der Waals surface area contributed by atoms with E-state index in [1.807, 2.05) is 6.07 Å². The summed E-state index contributed by atoms with van der Waals surface area (Å²) in [6, 6.07) is 12.2. The summed E-state index contributed by atoms with van der Waals surface area (Å²) in [6.07, 6.45) is 0. The van der Waals surface area contributed by atoms with Crippen molar-refractivity contribution in [3.05, 3.63) is 65.7 Å². The summed E-state index contributed by atoms with van der Waals surface area (Å²) in [5, 5.41) is 1.40. The number of nitrogens with one attached hydrogen (secondary N) is 1. The van der Waals surface area contributed by atoms with Crippen LogP contribution in [0.1, 0.15) is 10.4 Å². The fraction of sp³-hybridized carbons (Fsp3) is 0.0714. The first kappa shape index (κ1) is 13.0. The van der Waals surface area contributed by atoms with E-state index in [4.69, 9.17) is 0 Å². The minimum absolute atomic E-state index is 0.592. The summed E-state index contributed by atoms with van der Waals surface area (Å²) < 4.78 is 26.9. The van der Waals surface area contributed by atoms with Crippen molar-refractivity contribution in [1.29, 1.82) is 0 Å². The van der Waals surface area contributed by atoms with E-state index >= 15 is 0 Å². The molecule has 19 heavy (non-hydrogen) atoms. The van der Waals surface area contributed by atoms with Gasteiger partial charge in [-0.3, -0.25) is 15.2 Å². The van der Waals surface area contributed by atoms with Gasteiger partial charge in [0.25, 0.3) is 5.91 Å². The van der Waals surface area contributed by atoms with Crippen molar-refractivity contribution in [1.82, 2.24) is 5.43 Å².